The predicted molar refractivity (Wildman–Crippen MR) is 115 cm³/mol. The number of rotatable bonds is 6. The molecule has 4 rings (SSSR count). The Morgan fingerprint density at radius 1 is 1.16 bits per heavy atom. The minimum absolute atomic E-state index is 0.247. The van der Waals surface area contributed by atoms with Gasteiger partial charge < -0.3 is 15.0 Å². The molecule has 0 aliphatic carbocycles. The Bertz CT molecular complexity index is 1000. The van der Waals surface area contributed by atoms with E-state index in [-0.39, 0.29) is 12.5 Å². The molecule has 1 fully saturated rings. The zero-order chi connectivity index (χ0) is 22.0. The largest absolute Gasteiger partial charge is 0.493 e. The first kappa shape index (κ1) is 20.9. The first-order valence-electron chi connectivity index (χ1n) is 10.6. The highest BCUT2D eigenvalue weighted by molar-refractivity contribution is 6.09. The van der Waals surface area contributed by atoms with Crippen LogP contribution in [0, 0.1) is 6.92 Å². The van der Waals surface area contributed by atoms with Gasteiger partial charge in [0.15, 0.2) is 5.54 Å². The molecule has 1 spiro atoms. The zero-order valence-electron chi connectivity index (χ0n) is 17.9. The Kier molecular flexibility index (Phi) is 5.67. The summed E-state index contributed by atoms with van der Waals surface area (Å²) in [5.41, 5.74) is 1.64. The molecule has 2 aliphatic heterocycles. The van der Waals surface area contributed by atoms with Crippen molar-refractivity contribution < 1.29 is 19.1 Å². The number of para-hydroxylation sites is 1. The summed E-state index contributed by atoms with van der Waals surface area (Å²) in [7, 11) is 0. The monoisotopic (exact) mass is 421 g/mol. The fourth-order valence-corrected chi connectivity index (χ4v) is 4.23. The summed E-state index contributed by atoms with van der Waals surface area (Å²) in [4.78, 5) is 42.0. The van der Waals surface area contributed by atoms with Gasteiger partial charge in [0, 0.05) is 25.1 Å². The smallest absolute Gasteiger partial charge is 0.325 e. The third-order valence-corrected chi connectivity index (χ3v) is 5.89. The fourth-order valence-electron chi connectivity index (χ4n) is 4.23. The third kappa shape index (κ3) is 3.87. The number of fused-ring (bicyclic) bond motifs is 2. The SMILES string of the molecule is CCCN(Cc1ccc(C)cc1)C(=O)CN1C(=O)NC2(CCOc3ccccc32)C1=O. The van der Waals surface area contributed by atoms with Crippen molar-refractivity contribution >= 4 is 17.8 Å². The highest BCUT2D eigenvalue weighted by Gasteiger charge is 2.55. The lowest BCUT2D eigenvalue weighted by atomic mass is 9.84. The number of imide groups is 1. The highest BCUT2D eigenvalue weighted by atomic mass is 16.5. The van der Waals surface area contributed by atoms with Gasteiger partial charge in [-0.05, 0) is 25.0 Å². The zero-order valence-corrected chi connectivity index (χ0v) is 17.9. The molecule has 2 aromatic carbocycles. The highest BCUT2D eigenvalue weighted by Crippen LogP contribution is 2.40. The molecule has 0 radical (unpaired) electrons. The Morgan fingerprint density at radius 2 is 1.90 bits per heavy atom. The second-order valence-corrected chi connectivity index (χ2v) is 8.12. The van der Waals surface area contributed by atoms with E-state index in [0.717, 1.165) is 22.4 Å². The van der Waals surface area contributed by atoms with Gasteiger partial charge >= 0.3 is 6.03 Å². The molecular formula is C24H27N3O4. The Balaban J connectivity index is 1.53. The van der Waals surface area contributed by atoms with Crippen LogP contribution in [-0.4, -0.2) is 47.3 Å². The number of hydrogen-bond acceptors (Lipinski definition) is 4. The fraction of sp³-hybridized carbons (Fsp3) is 0.375. The maximum Gasteiger partial charge on any atom is 0.325 e. The summed E-state index contributed by atoms with van der Waals surface area (Å²) >= 11 is 0. The van der Waals surface area contributed by atoms with Crippen LogP contribution >= 0.6 is 0 Å². The van der Waals surface area contributed by atoms with Crippen LogP contribution in [0.1, 0.15) is 36.5 Å². The van der Waals surface area contributed by atoms with E-state index in [2.05, 4.69) is 5.32 Å². The molecule has 0 bridgehead atoms. The van der Waals surface area contributed by atoms with E-state index in [1.54, 1.807) is 17.0 Å². The Morgan fingerprint density at radius 3 is 2.65 bits per heavy atom. The van der Waals surface area contributed by atoms with E-state index in [1.165, 1.54) is 0 Å². The summed E-state index contributed by atoms with van der Waals surface area (Å²) in [6.45, 7) is 5.05. The van der Waals surface area contributed by atoms with Crippen molar-refractivity contribution in [3.05, 3.63) is 65.2 Å². The van der Waals surface area contributed by atoms with Crippen LogP contribution in [0.4, 0.5) is 4.79 Å². The second kappa shape index (κ2) is 8.41. The van der Waals surface area contributed by atoms with Gasteiger partial charge in [0.1, 0.15) is 12.3 Å². The minimum atomic E-state index is -1.17. The minimum Gasteiger partial charge on any atom is -0.493 e. The van der Waals surface area contributed by atoms with Crippen molar-refractivity contribution in [2.24, 2.45) is 0 Å². The molecule has 1 saturated heterocycles. The maximum absolute atomic E-state index is 13.4. The number of urea groups is 1. The van der Waals surface area contributed by atoms with E-state index in [9.17, 15) is 14.4 Å². The number of carbonyl (C=O) groups excluding carboxylic acids is 3. The summed E-state index contributed by atoms with van der Waals surface area (Å²) in [6, 6.07) is 14.7. The molecule has 2 aromatic rings. The molecule has 7 nitrogen and oxygen atoms in total. The number of nitrogens with zero attached hydrogens (tertiary/aromatic N) is 2. The van der Waals surface area contributed by atoms with Crippen LogP contribution in [-0.2, 0) is 21.7 Å². The molecule has 4 amide bonds. The first-order valence-corrected chi connectivity index (χ1v) is 10.6. The van der Waals surface area contributed by atoms with Crippen LogP contribution in [0.15, 0.2) is 48.5 Å². The van der Waals surface area contributed by atoms with Crippen molar-refractivity contribution in [1.29, 1.82) is 0 Å². The number of benzene rings is 2. The van der Waals surface area contributed by atoms with Gasteiger partial charge in [0.25, 0.3) is 5.91 Å². The molecule has 0 aromatic heterocycles. The van der Waals surface area contributed by atoms with Crippen LogP contribution in [0.3, 0.4) is 0 Å². The summed E-state index contributed by atoms with van der Waals surface area (Å²) < 4.78 is 5.66. The second-order valence-electron chi connectivity index (χ2n) is 8.12. The van der Waals surface area contributed by atoms with E-state index >= 15 is 0 Å². The van der Waals surface area contributed by atoms with Crippen molar-refractivity contribution in [3.63, 3.8) is 0 Å². The van der Waals surface area contributed by atoms with E-state index < -0.39 is 17.5 Å². The first-order chi connectivity index (χ1) is 14.9. The molecule has 1 atom stereocenters. The lowest BCUT2D eigenvalue weighted by molar-refractivity contribution is -0.140. The topological polar surface area (TPSA) is 79.0 Å². The van der Waals surface area contributed by atoms with Crippen molar-refractivity contribution in [2.45, 2.75) is 38.8 Å². The molecule has 2 heterocycles. The lowest BCUT2D eigenvalue weighted by Gasteiger charge is -2.33. The van der Waals surface area contributed by atoms with E-state index in [0.29, 0.717) is 37.4 Å². The average molecular weight is 421 g/mol. The molecule has 2 aliphatic rings. The number of ether oxygens (including phenoxy) is 1. The van der Waals surface area contributed by atoms with Crippen LogP contribution in [0.5, 0.6) is 5.75 Å². The summed E-state index contributed by atoms with van der Waals surface area (Å²) in [5, 5.41) is 2.84. The van der Waals surface area contributed by atoms with Gasteiger partial charge in [0.05, 0.1) is 6.61 Å². The van der Waals surface area contributed by atoms with Gasteiger partial charge in [-0.25, -0.2) is 4.79 Å². The van der Waals surface area contributed by atoms with Gasteiger partial charge in [-0.1, -0.05) is 55.0 Å². The molecule has 1 N–H and O–H groups in total. The van der Waals surface area contributed by atoms with Gasteiger partial charge in [-0.2, -0.15) is 0 Å². The number of amides is 4. The quantitative estimate of drug-likeness (QED) is 0.728. The van der Waals surface area contributed by atoms with Crippen LogP contribution < -0.4 is 10.1 Å². The standard InChI is InChI=1S/C24H27N3O4/c1-3-13-26(15-18-10-8-17(2)9-11-18)21(28)16-27-22(29)24(25-23(27)30)12-14-31-20-7-5-4-6-19(20)24/h4-11H,3,12-16H2,1-2H3,(H,25,30). The van der Waals surface area contributed by atoms with Gasteiger partial charge in [-0.3, -0.25) is 14.5 Å². The van der Waals surface area contributed by atoms with Crippen LogP contribution in [0.2, 0.25) is 0 Å². The van der Waals surface area contributed by atoms with Crippen molar-refractivity contribution in [2.75, 3.05) is 19.7 Å². The lowest BCUT2D eigenvalue weighted by Crippen LogP contribution is -2.48. The summed E-state index contributed by atoms with van der Waals surface area (Å²) in [6.07, 6.45) is 1.12. The molecule has 31 heavy (non-hydrogen) atoms. The average Bonchev–Trinajstić information content (AvgIpc) is 3.00. The number of aryl methyl sites for hydroxylation is 1. The van der Waals surface area contributed by atoms with Crippen molar-refractivity contribution in [3.8, 4) is 5.75 Å². The van der Waals surface area contributed by atoms with Crippen molar-refractivity contribution in [1.82, 2.24) is 15.1 Å². The molecular weight excluding hydrogens is 394 g/mol. The molecule has 162 valence electrons. The van der Waals surface area contributed by atoms with E-state index in [1.807, 2.05) is 50.2 Å². The number of carbonyl (C=O) groups is 3. The molecule has 7 heteroatoms. The van der Waals surface area contributed by atoms with E-state index in [4.69, 9.17) is 4.74 Å². The number of hydrogen-bond donors (Lipinski definition) is 1. The van der Waals surface area contributed by atoms with Gasteiger partial charge in [-0.15, -0.1) is 0 Å². The number of nitrogens with one attached hydrogen (secondary N) is 1. The normalized spacial score (nSPS) is 19.7. The molecule has 1 unspecified atom stereocenters. The summed E-state index contributed by atoms with van der Waals surface area (Å²) in [5.74, 6) is -0.0562. The van der Waals surface area contributed by atoms with Crippen LogP contribution in [0.25, 0.3) is 0 Å². The third-order valence-electron chi connectivity index (χ3n) is 5.89. The Hall–Kier alpha value is -3.35. The maximum atomic E-state index is 13.4. The predicted octanol–water partition coefficient (Wildman–Crippen LogP) is 2.96. The molecule has 0 saturated carbocycles. The van der Waals surface area contributed by atoms with Gasteiger partial charge in [0.2, 0.25) is 5.91 Å². The Labute approximate surface area is 182 Å².